The highest BCUT2D eigenvalue weighted by atomic mass is 16.5. The molecule has 0 radical (unpaired) electrons. The molecule has 3 nitrogen and oxygen atoms in total. The van der Waals surface area contributed by atoms with Crippen LogP contribution in [0.2, 0.25) is 0 Å². The number of hydrogen-bond acceptors (Lipinski definition) is 3. The summed E-state index contributed by atoms with van der Waals surface area (Å²) >= 11 is 0. The third kappa shape index (κ3) is 5.94. The number of esters is 1. The molecule has 114 valence electrons. The van der Waals surface area contributed by atoms with Crippen molar-refractivity contribution in [2.75, 3.05) is 20.3 Å². The van der Waals surface area contributed by atoms with Crippen molar-refractivity contribution >= 4 is 5.97 Å². The Bertz CT molecular complexity index is 259. The molecule has 1 unspecified atom stereocenters. The summed E-state index contributed by atoms with van der Waals surface area (Å²) in [4.78, 5) is 12.5. The van der Waals surface area contributed by atoms with E-state index in [2.05, 4.69) is 41.5 Å². The normalized spacial score (nSPS) is 15.1. The molecule has 0 saturated carbocycles. The quantitative estimate of drug-likeness (QED) is 0.597. The SMILES string of the molecule is COCC(CCC(C)C)(C(=O)OCC(C)C)C(C)C. The molecule has 0 fully saturated rings. The van der Waals surface area contributed by atoms with Gasteiger partial charge in [-0.15, -0.1) is 0 Å². The van der Waals surface area contributed by atoms with Crippen molar-refractivity contribution < 1.29 is 14.3 Å². The van der Waals surface area contributed by atoms with Gasteiger partial charge in [0.25, 0.3) is 0 Å². The number of methoxy groups -OCH3 is 1. The third-order valence-electron chi connectivity index (χ3n) is 3.63. The van der Waals surface area contributed by atoms with Crippen LogP contribution in [-0.2, 0) is 14.3 Å². The molecule has 0 aromatic carbocycles. The summed E-state index contributed by atoms with van der Waals surface area (Å²) in [6.45, 7) is 13.5. The van der Waals surface area contributed by atoms with E-state index in [4.69, 9.17) is 9.47 Å². The maximum absolute atomic E-state index is 12.5. The molecule has 0 amide bonds. The summed E-state index contributed by atoms with van der Waals surface area (Å²) < 4.78 is 10.8. The highest BCUT2D eigenvalue weighted by Gasteiger charge is 2.43. The van der Waals surface area contributed by atoms with Gasteiger partial charge in [0.2, 0.25) is 0 Å². The molecule has 0 bridgehead atoms. The van der Waals surface area contributed by atoms with E-state index >= 15 is 0 Å². The van der Waals surface area contributed by atoms with Gasteiger partial charge in [0.1, 0.15) is 0 Å². The lowest BCUT2D eigenvalue weighted by molar-refractivity contribution is -0.165. The van der Waals surface area contributed by atoms with Crippen molar-refractivity contribution in [3.63, 3.8) is 0 Å². The van der Waals surface area contributed by atoms with Gasteiger partial charge in [0, 0.05) is 7.11 Å². The van der Waals surface area contributed by atoms with Gasteiger partial charge in [-0.05, 0) is 30.6 Å². The monoisotopic (exact) mass is 272 g/mol. The predicted molar refractivity (Wildman–Crippen MR) is 79.0 cm³/mol. The van der Waals surface area contributed by atoms with Gasteiger partial charge in [-0.1, -0.05) is 41.5 Å². The number of ether oxygens (including phenoxy) is 2. The van der Waals surface area contributed by atoms with E-state index < -0.39 is 5.41 Å². The van der Waals surface area contributed by atoms with Crippen molar-refractivity contribution in [1.82, 2.24) is 0 Å². The minimum absolute atomic E-state index is 0.0984. The lowest BCUT2D eigenvalue weighted by atomic mass is 9.73. The largest absolute Gasteiger partial charge is 0.465 e. The van der Waals surface area contributed by atoms with Crippen LogP contribution in [0.15, 0.2) is 0 Å². The van der Waals surface area contributed by atoms with E-state index in [-0.39, 0.29) is 11.9 Å². The Labute approximate surface area is 119 Å². The molecule has 0 saturated heterocycles. The zero-order chi connectivity index (χ0) is 15.1. The summed E-state index contributed by atoms with van der Waals surface area (Å²) in [6.07, 6.45) is 1.84. The van der Waals surface area contributed by atoms with Crippen molar-refractivity contribution in [2.24, 2.45) is 23.2 Å². The fraction of sp³-hybridized carbons (Fsp3) is 0.938. The Morgan fingerprint density at radius 3 is 2.00 bits per heavy atom. The minimum atomic E-state index is -0.506. The maximum Gasteiger partial charge on any atom is 0.314 e. The highest BCUT2D eigenvalue weighted by molar-refractivity contribution is 5.77. The molecule has 0 spiro atoms. The summed E-state index contributed by atoms with van der Waals surface area (Å²) in [6, 6.07) is 0. The summed E-state index contributed by atoms with van der Waals surface area (Å²) in [7, 11) is 1.65. The third-order valence-corrected chi connectivity index (χ3v) is 3.63. The van der Waals surface area contributed by atoms with Gasteiger partial charge < -0.3 is 9.47 Å². The first-order valence-corrected chi connectivity index (χ1v) is 7.42. The molecular formula is C16H32O3. The van der Waals surface area contributed by atoms with Crippen LogP contribution in [0, 0.1) is 23.2 Å². The van der Waals surface area contributed by atoms with E-state index in [1.54, 1.807) is 7.11 Å². The first-order chi connectivity index (χ1) is 8.76. The average molecular weight is 272 g/mol. The van der Waals surface area contributed by atoms with E-state index in [9.17, 15) is 4.79 Å². The topological polar surface area (TPSA) is 35.5 Å². The summed E-state index contributed by atoms with van der Waals surface area (Å²) in [5, 5.41) is 0. The Morgan fingerprint density at radius 2 is 1.63 bits per heavy atom. The van der Waals surface area contributed by atoms with E-state index in [0.717, 1.165) is 12.8 Å². The van der Waals surface area contributed by atoms with Crippen LogP contribution in [0.1, 0.15) is 54.4 Å². The van der Waals surface area contributed by atoms with Crippen molar-refractivity contribution in [2.45, 2.75) is 54.4 Å². The fourth-order valence-corrected chi connectivity index (χ4v) is 2.11. The molecule has 0 aliphatic rings. The molecule has 0 rings (SSSR count). The fourth-order valence-electron chi connectivity index (χ4n) is 2.11. The van der Waals surface area contributed by atoms with Gasteiger partial charge in [-0.25, -0.2) is 0 Å². The van der Waals surface area contributed by atoms with Gasteiger partial charge in [0.15, 0.2) is 0 Å². The lowest BCUT2D eigenvalue weighted by Crippen LogP contribution is -2.42. The zero-order valence-electron chi connectivity index (χ0n) is 13.8. The Kier molecular flexibility index (Phi) is 8.31. The first-order valence-electron chi connectivity index (χ1n) is 7.42. The van der Waals surface area contributed by atoms with Crippen LogP contribution in [-0.4, -0.2) is 26.3 Å². The smallest absolute Gasteiger partial charge is 0.314 e. The Balaban J connectivity index is 4.92. The predicted octanol–water partition coefficient (Wildman–Crippen LogP) is 3.91. The zero-order valence-corrected chi connectivity index (χ0v) is 13.8. The van der Waals surface area contributed by atoms with Gasteiger partial charge in [0.05, 0.1) is 18.6 Å². The van der Waals surface area contributed by atoms with Gasteiger partial charge >= 0.3 is 5.97 Å². The van der Waals surface area contributed by atoms with Crippen LogP contribution >= 0.6 is 0 Å². The van der Waals surface area contributed by atoms with Crippen LogP contribution < -0.4 is 0 Å². The van der Waals surface area contributed by atoms with Crippen molar-refractivity contribution in [3.05, 3.63) is 0 Å². The van der Waals surface area contributed by atoms with Crippen LogP contribution in [0.3, 0.4) is 0 Å². The number of carbonyl (C=O) groups excluding carboxylic acids is 1. The van der Waals surface area contributed by atoms with Crippen LogP contribution in [0.25, 0.3) is 0 Å². The second kappa shape index (κ2) is 8.57. The molecule has 19 heavy (non-hydrogen) atoms. The van der Waals surface area contributed by atoms with Crippen LogP contribution in [0.5, 0.6) is 0 Å². The first kappa shape index (κ1) is 18.4. The highest BCUT2D eigenvalue weighted by Crippen LogP contribution is 2.36. The summed E-state index contributed by atoms with van der Waals surface area (Å²) in [5.74, 6) is 1.05. The molecule has 0 aliphatic heterocycles. The number of carbonyl (C=O) groups is 1. The molecule has 1 atom stereocenters. The van der Waals surface area contributed by atoms with E-state index in [1.165, 1.54) is 0 Å². The molecule has 0 N–H and O–H groups in total. The average Bonchev–Trinajstić information content (AvgIpc) is 2.30. The van der Waals surface area contributed by atoms with Gasteiger partial charge in [-0.2, -0.15) is 0 Å². The molecule has 0 aliphatic carbocycles. The molecule has 0 aromatic rings. The Hall–Kier alpha value is -0.570. The minimum Gasteiger partial charge on any atom is -0.465 e. The van der Waals surface area contributed by atoms with Crippen molar-refractivity contribution in [3.8, 4) is 0 Å². The van der Waals surface area contributed by atoms with E-state index in [0.29, 0.717) is 25.0 Å². The molecular weight excluding hydrogens is 240 g/mol. The standard InChI is InChI=1S/C16H32O3/c1-12(2)8-9-16(11-18-7,14(5)6)15(17)19-10-13(3)4/h12-14H,8-11H2,1-7H3. The van der Waals surface area contributed by atoms with E-state index in [1.807, 2.05) is 0 Å². The number of rotatable bonds is 9. The molecule has 0 aromatic heterocycles. The van der Waals surface area contributed by atoms with Crippen molar-refractivity contribution in [1.29, 1.82) is 0 Å². The molecule has 0 heterocycles. The second-order valence-electron chi connectivity index (χ2n) is 6.67. The second-order valence-corrected chi connectivity index (χ2v) is 6.67. The molecule has 3 heteroatoms. The summed E-state index contributed by atoms with van der Waals surface area (Å²) in [5.41, 5.74) is -0.506. The van der Waals surface area contributed by atoms with Gasteiger partial charge in [-0.3, -0.25) is 4.79 Å². The van der Waals surface area contributed by atoms with Crippen LogP contribution in [0.4, 0.5) is 0 Å². The maximum atomic E-state index is 12.5. The number of hydrogen-bond donors (Lipinski definition) is 0. The lowest BCUT2D eigenvalue weighted by Gasteiger charge is -2.35. The Morgan fingerprint density at radius 1 is 1.05 bits per heavy atom.